The zero-order chi connectivity index (χ0) is 11.3. The van der Waals surface area contributed by atoms with E-state index in [1.165, 1.54) is 12.1 Å². The van der Waals surface area contributed by atoms with Crippen molar-refractivity contribution in [3.05, 3.63) is 29.6 Å². The maximum Gasteiger partial charge on any atom is 0.225 e. The van der Waals surface area contributed by atoms with Gasteiger partial charge in [-0.05, 0) is 30.7 Å². The summed E-state index contributed by atoms with van der Waals surface area (Å²) in [6, 6.07) is 4.22. The topological polar surface area (TPSA) is 29.1 Å². The van der Waals surface area contributed by atoms with E-state index in [4.69, 9.17) is 6.42 Å². The number of carbonyl (C=O) groups excluding carboxylic acids is 1. The number of halogens is 1. The highest BCUT2D eigenvalue weighted by Crippen LogP contribution is 2.15. The van der Waals surface area contributed by atoms with Crippen LogP contribution in [-0.4, -0.2) is 5.91 Å². The molecule has 0 bridgehead atoms. The zero-order valence-corrected chi connectivity index (χ0v) is 8.51. The lowest BCUT2D eigenvalue weighted by Gasteiger charge is -2.07. The number of carbonyl (C=O) groups is 1. The molecule has 0 saturated carbocycles. The van der Waals surface area contributed by atoms with Crippen molar-refractivity contribution in [2.24, 2.45) is 0 Å². The molecule has 1 rings (SSSR count). The fourth-order valence-corrected chi connectivity index (χ4v) is 1.17. The number of aryl methyl sites for hydroxylation is 1. The average Bonchev–Trinajstić information content (AvgIpc) is 2.19. The Hall–Kier alpha value is -1.82. The summed E-state index contributed by atoms with van der Waals surface area (Å²) >= 11 is 0. The summed E-state index contributed by atoms with van der Waals surface area (Å²) in [5.74, 6) is 1.93. The summed E-state index contributed by atoms with van der Waals surface area (Å²) < 4.78 is 12.7. The molecule has 0 unspecified atom stereocenters. The van der Waals surface area contributed by atoms with Crippen LogP contribution in [0.1, 0.15) is 18.4 Å². The number of nitrogens with one attached hydrogen (secondary N) is 1. The summed E-state index contributed by atoms with van der Waals surface area (Å²) in [4.78, 5) is 11.3. The highest BCUT2D eigenvalue weighted by atomic mass is 19.1. The highest BCUT2D eigenvalue weighted by Gasteiger charge is 2.04. The van der Waals surface area contributed by atoms with Gasteiger partial charge in [-0.25, -0.2) is 4.39 Å². The van der Waals surface area contributed by atoms with Crippen molar-refractivity contribution in [3.8, 4) is 12.3 Å². The first kappa shape index (κ1) is 11.3. The van der Waals surface area contributed by atoms with Crippen molar-refractivity contribution >= 4 is 11.6 Å². The molecular formula is C12H12FNO. The maximum atomic E-state index is 12.7. The third kappa shape index (κ3) is 3.43. The SMILES string of the molecule is C#CCCC(=O)Nc1ccc(F)cc1C. The summed E-state index contributed by atoms with van der Waals surface area (Å²) in [7, 11) is 0. The summed E-state index contributed by atoms with van der Waals surface area (Å²) in [6.45, 7) is 1.74. The molecule has 0 saturated heterocycles. The quantitative estimate of drug-likeness (QED) is 0.755. The van der Waals surface area contributed by atoms with E-state index in [2.05, 4.69) is 11.2 Å². The lowest BCUT2D eigenvalue weighted by atomic mass is 10.2. The first-order chi connectivity index (χ1) is 7.13. The molecule has 0 spiro atoms. The molecule has 0 radical (unpaired) electrons. The molecule has 1 amide bonds. The molecule has 0 fully saturated rings. The molecule has 78 valence electrons. The number of rotatable bonds is 3. The molecule has 0 aromatic heterocycles. The van der Waals surface area contributed by atoms with Crippen LogP contribution in [0.25, 0.3) is 0 Å². The molecule has 2 nitrogen and oxygen atoms in total. The van der Waals surface area contributed by atoms with Crippen molar-refractivity contribution in [1.82, 2.24) is 0 Å². The number of hydrogen-bond acceptors (Lipinski definition) is 1. The van der Waals surface area contributed by atoms with Crippen LogP contribution in [0.3, 0.4) is 0 Å². The first-order valence-corrected chi connectivity index (χ1v) is 4.63. The largest absolute Gasteiger partial charge is 0.326 e. The van der Waals surface area contributed by atoms with Gasteiger partial charge < -0.3 is 5.32 Å². The van der Waals surface area contributed by atoms with E-state index >= 15 is 0 Å². The van der Waals surface area contributed by atoms with Crippen LogP contribution in [0.5, 0.6) is 0 Å². The Bertz CT molecular complexity index is 407. The second-order valence-corrected chi connectivity index (χ2v) is 3.21. The van der Waals surface area contributed by atoms with Crippen LogP contribution < -0.4 is 5.32 Å². The molecule has 0 aliphatic heterocycles. The fraction of sp³-hybridized carbons (Fsp3) is 0.250. The van der Waals surface area contributed by atoms with E-state index in [1.54, 1.807) is 13.0 Å². The number of amides is 1. The third-order valence-electron chi connectivity index (χ3n) is 1.96. The van der Waals surface area contributed by atoms with Gasteiger partial charge in [-0.1, -0.05) is 0 Å². The van der Waals surface area contributed by atoms with Crippen molar-refractivity contribution < 1.29 is 9.18 Å². The normalized spacial score (nSPS) is 9.40. The van der Waals surface area contributed by atoms with Crippen LogP contribution in [0, 0.1) is 25.1 Å². The Morgan fingerprint density at radius 1 is 1.60 bits per heavy atom. The second kappa shape index (κ2) is 5.16. The minimum atomic E-state index is -0.311. The van der Waals surface area contributed by atoms with Crippen LogP contribution in [0.15, 0.2) is 18.2 Å². The number of hydrogen-bond donors (Lipinski definition) is 1. The Morgan fingerprint density at radius 2 is 2.33 bits per heavy atom. The molecular weight excluding hydrogens is 193 g/mol. The van der Waals surface area contributed by atoms with Gasteiger partial charge >= 0.3 is 0 Å². The third-order valence-corrected chi connectivity index (χ3v) is 1.96. The van der Waals surface area contributed by atoms with Gasteiger partial charge in [0.15, 0.2) is 0 Å². The lowest BCUT2D eigenvalue weighted by Crippen LogP contribution is -2.11. The standard InChI is InChI=1S/C12H12FNO/c1-3-4-5-12(15)14-11-7-6-10(13)8-9(11)2/h1,6-8H,4-5H2,2H3,(H,14,15). The van der Waals surface area contributed by atoms with E-state index in [0.717, 1.165) is 0 Å². The molecule has 0 aliphatic carbocycles. The highest BCUT2D eigenvalue weighted by molar-refractivity contribution is 5.91. The predicted molar refractivity (Wildman–Crippen MR) is 57.8 cm³/mol. The summed E-state index contributed by atoms with van der Waals surface area (Å²) in [5.41, 5.74) is 1.32. The van der Waals surface area contributed by atoms with Gasteiger partial charge in [-0.2, -0.15) is 0 Å². The van der Waals surface area contributed by atoms with E-state index in [1.807, 2.05) is 0 Å². The van der Waals surface area contributed by atoms with Crippen molar-refractivity contribution in [2.45, 2.75) is 19.8 Å². The van der Waals surface area contributed by atoms with Crippen LogP contribution in [0.4, 0.5) is 10.1 Å². The Balaban J connectivity index is 2.65. The Morgan fingerprint density at radius 3 is 2.93 bits per heavy atom. The monoisotopic (exact) mass is 205 g/mol. The van der Waals surface area contributed by atoms with Crippen LogP contribution in [0.2, 0.25) is 0 Å². The van der Waals surface area contributed by atoms with Gasteiger partial charge in [0.25, 0.3) is 0 Å². The van der Waals surface area contributed by atoms with Gasteiger partial charge in [0, 0.05) is 18.5 Å². The first-order valence-electron chi connectivity index (χ1n) is 4.63. The summed E-state index contributed by atoms with van der Waals surface area (Å²) in [6.07, 6.45) is 5.73. The van der Waals surface area contributed by atoms with Gasteiger partial charge in [-0.3, -0.25) is 4.79 Å². The molecule has 15 heavy (non-hydrogen) atoms. The van der Waals surface area contributed by atoms with Crippen molar-refractivity contribution in [3.63, 3.8) is 0 Å². The second-order valence-electron chi connectivity index (χ2n) is 3.21. The Labute approximate surface area is 88.5 Å². The summed E-state index contributed by atoms with van der Waals surface area (Å²) in [5, 5.41) is 2.67. The predicted octanol–water partition coefficient (Wildman–Crippen LogP) is 2.49. The van der Waals surface area contributed by atoms with Crippen LogP contribution in [-0.2, 0) is 4.79 Å². The molecule has 1 N–H and O–H groups in total. The van der Waals surface area contributed by atoms with Crippen molar-refractivity contribution in [2.75, 3.05) is 5.32 Å². The maximum absolute atomic E-state index is 12.7. The van der Waals surface area contributed by atoms with Gasteiger partial charge in [-0.15, -0.1) is 12.3 Å². The lowest BCUT2D eigenvalue weighted by molar-refractivity contribution is -0.116. The Kier molecular flexibility index (Phi) is 3.87. The number of anilines is 1. The fourth-order valence-electron chi connectivity index (χ4n) is 1.17. The molecule has 0 aliphatic rings. The minimum Gasteiger partial charge on any atom is -0.326 e. The van der Waals surface area contributed by atoms with E-state index in [0.29, 0.717) is 17.7 Å². The minimum absolute atomic E-state index is 0.150. The molecule has 1 aromatic carbocycles. The molecule has 1 aromatic rings. The van der Waals surface area contributed by atoms with E-state index < -0.39 is 0 Å². The molecule has 0 atom stereocenters. The van der Waals surface area contributed by atoms with E-state index in [-0.39, 0.29) is 18.1 Å². The number of terminal acetylenes is 1. The smallest absolute Gasteiger partial charge is 0.225 e. The van der Waals surface area contributed by atoms with Gasteiger partial charge in [0.05, 0.1) is 0 Å². The van der Waals surface area contributed by atoms with Gasteiger partial charge in [0.2, 0.25) is 5.91 Å². The average molecular weight is 205 g/mol. The number of benzene rings is 1. The molecule has 0 heterocycles. The zero-order valence-electron chi connectivity index (χ0n) is 8.51. The van der Waals surface area contributed by atoms with Crippen LogP contribution >= 0.6 is 0 Å². The van der Waals surface area contributed by atoms with Gasteiger partial charge in [0.1, 0.15) is 5.82 Å². The van der Waals surface area contributed by atoms with E-state index in [9.17, 15) is 9.18 Å². The van der Waals surface area contributed by atoms with Crippen molar-refractivity contribution in [1.29, 1.82) is 0 Å². The molecule has 3 heteroatoms.